The summed E-state index contributed by atoms with van der Waals surface area (Å²) < 4.78 is 0.347. The van der Waals surface area contributed by atoms with Gasteiger partial charge in [-0.05, 0) is 34.3 Å². The second-order valence-electron chi connectivity index (χ2n) is 2.90. The van der Waals surface area contributed by atoms with Crippen molar-refractivity contribution in [1.82, 2.24) is 0 Å². The Bertz CT molecular complexity index is 425. The van der Waals surface area contributed by atoms with Gasteiger partial charge in [-0.1, -0.05) is 0 Å². The van der Waals surface area contributed by atoms with Crippen LogP contribution in [0.3, 0.4) is 0 Å². The maximum atomic E-state index is 11.3. The number of anilines is 1. The van der Waals surface area contributed by atoms with Crippen molar-refractivity contribution < 1.29 is 9.72 Å². The summed E-state index contributed by atoms with van der Waals surface area (Å²) in [6, 6.07) is 4.36. The highest BCUT2D eigenvalue weighted by Gasteiger charge is 2.12. The fourth-order valence-electron chi connectivity index (χ4n) is 1.06. The van der Waals surface area contributed by atoms with Gasteiger partial charge >= 0.3 is 0 Å². The third-order valence-corrected chi connectivity index (χ3v) is 2.89. The summed E-state index contributed by atoms with van der Waals surface area (Å²) >= 11 is 4.49. The molecule has 0 aliphatic carbocycles. The number of carbonyl (C=O) groups excluding carboxylic acids is 1. The second-order valence-corrected chi connectivity index (χ2v) is 4.62. The molecule has 16 heavy (non-hydrogen) atoms. The maximum absolute atomic E-state index is 11.3. The van der Waals surface area contributed by atoms with Gasteiger partial charge in [0.15, 0.2) is 0 Å². The fraction of sp³-hybridized carbons (Fsp3) is 0.222. The lowest BCUT2D eigenvalue weighted by molar-refractivity contribution is -0.385. The van der Waals surface area contributed by atoms with Crippen molar-refractivity contribution in [2.75, 3.05) is 17.3 Å². The van der Waals surface area contributed by atoms with E-state index in [0.29, 0.717) is 15.9 Å². The number of nitro benzene ring substituents is 1. The van der Waals surface area contributed by atoms with Crippen molar-refractivity contribution in [3.05, 3.63) is 32.8 Å². The highest BCUT2D eigenvalue weighted by molar-refractivity contribution is 9.10. The van der Waals surface area contributed by atoms with Crippen molar-refractivity contribution in [2.45, 2.75) is 0 Å². The molecule has 1 aromatic rings. The van der Waals surface area contributed by atoms with Crippen molar-refractivity contribution >= 4 is 45.0 Å². The molecule has 0 radical (unpaired) electrons. The van der Waals surface area contributed by atoms with Crippen LogP contribution < -0.4 is 5.32 Å². The van der Waals surface area contributed by atoms with Gasteiger partial charge in [-0.15, -0.1) is 0 Å². The molecule has 0 aromatic heterocycles. The summed E-state index contributed by atoms with van der Waals surface area (Å²) in [4.78, 5) is 21.3. The van der Waals surface area contributed by atoms with Crippen LogP contribution in [-0.4, -0.2) is 22.8 Å². The normalized spacial score (nSPS) is 9.88. The number of halogens is 1. The molecule has 1 rings (SSSR count). The monoisotopic (exact) mass is 304 g/mol. The zero-order valence-corrected chi connectivity index (χ0v) is 10.8. The molecule has 0 fully saturated rings. The number of nitrogens with one attached hydrogen (secondary N) is 1. The third kappa shape index (κ3) is 3.49. The molecule has 0 heterocycles. The quantitative estimate of drug-likeness (QED) is 0.685. The van der Waals surface area contributed by atoms with E-state index in [9.17, 15) is 14.9 Å². The summed E-state index contributed by atoms with van der Waals surface area (Å²) in [7, 11) is 0. The zero-order chi connectivity index (χ0) is 12.1. The van der Waals surface area contributed by atoms with Crippen LogP contribution in [0.15, 0.2) is 22.7 Å². The topological polar surface area (TPSA) is 72.2 Å². The van der Waals surface area contributed by atoms with E-state index in [-0.39, 0.29) is 11.6 Å². The molecule has 0 bridgehead atoms. The number of nitro groups is 1. The van der Waals surface area contributed by atoms with Crippen LogP contribution in [-0.2, 0) is 4.79 Å². The minimum atomic E-state index is -0.489. The lowest BCUT2D eigenvalue weighted by Crippen LogP contribution is -2.13. The van der Waals surface area contributed by atoms with Crippen LogP contribution >= 0.6 is 27.7 Å². The van der Waals surface area contributed by atoms with Gasteiger partial charge in [-0.3, -0.25) is 14.9 Å². The van der Waals surface area contributed by atoms with Crippen LogP contribution in [0, 0.1) is 10.1 Å². The number of thioether (sulfide) groups is 1. The molecule has 5 nitrogen and oxygen atoms in total. The molecule has 0 spiro atoms. The molecular weight excluding hydrogens is 296 g/mol. The maximum Gasteiger partial charge on any atom is 0.283 e. The van der Waals surface area contributed by atoms with Crippen molar-refractivity contribution in [2.24, 2.45) is 0 Å². The van der Waals surface area contributed by atoms with Gasteiger partial charge in [0.25, 0.3) is 5.69 Å². The fourth-order valence-corrected chi connectivity index (χ4v) is 1.92. The summed E-state index contributed by atoms with van der Waals surface area (Å²) in [5.74, 6) is 0.225. The first-order valence-electron chi connectivity index (χ1n) is 4.27. The number of carbonyl (C=O) groups is 1. The lowest BCUT2D eigenvalue weighted by Gasteiger charge is -2.04. The molecule has 0 aliphatic rings. The van der Waals surface area contributed by atoms with E-state index in [1.807, 2.05) is 6.26 Å². The second kappa shape index (κ2) is 5.86. The minimum absolute atomic E-state index is 0.0251. The van der Waals surface area contributed by atoms with Crippen molar-refractivity contribution in [3.63, 3.8) is 0 Å². The number of hydrogen-bond donors (Lipinski definition) is 1. The van der Waals surface area contributed by atoms with Crippen LogP contribution in [0.2, 0.25) is 0 Å². The van der Waals surface area contributed by atoms with Crippen LogP contribution in [0.4, 0.5) is 11.4 Å². The molecule has 1 aromatic carbocycles. The van der Waals surface area contributed by atoms with Gasteiger partial charge in [-0.25, -0.2) is 0 Å². The Labute approximate surface area is 105 Å². The highest BCUT2D eigenvalue weighted by atomic mass is 79.9. The smallest absolute Gasteiger partial charge is 0.283 e. The van der Waals surface area contributed by atoms with E-state index in [2.05, 4.69) is 21.2 Å². The molecule has 7 heteroatoms. The predicted molar refractivity (Wildman–Crippen MR) is 67.8 cm³/mol. The van der Waals surface area contributed by atoms with Gasteiger partial charge in [-0.2, -0.15) is 11.8 Å². The Balaban J connectivity index is 2.81. The van der Waals surface area contributed by atoms with E-state index in [0.717, 1.165) is 0 Å². The number of nitrogens with zero attached hydrogens (tertiary/aromatic N) is 1. The first-order valence-corrected chi connectivity index (χ1v) is 6.46. The number of benzene rings is 1. The van der Waals surface area contributed by atoms with Crippen LogP contribution in [0.1, 0.15) is 0 Å². The van der Waals surface area contributed by atoms with Crippen molar-refractivity contribution in [3.8, 4) is 0 Å². The Hall–Kier alpha value is -1.08. The highest BCUT2D eigenvalue weighted by Crippen LogP contribution is 2.27. The van der Waals surface area contributed by atoms with Crippen LogP contribution in [0.25, 0.3) is 0 Å². The average Bonchev–Trinajstić information content (AvgIpc) is 2.17. The third-order valence-electron chi connectivity index (χ3n) is 1.70. The van der Waals surface area contributed by atoms with Gasteiger partial charge in [0.2, 0.25) is 5.91 Å². The number of amides is 1. The largest absolute Gasteiger partial charge is 0.325 e. The molecule has 0 atom stereocenters. The molecule has 0 unspecified atom stereocenters. The van der Waals surface area contributed by atoms with E-state index >= 15 is 0 Å². The van der Waals surface area contributed by atoms with Gasteiger partial charge in [0.05, 0.1) is 15.1 Å². The SMILES string of the molecule is CSCC(=O)Nc1ccc([N+](=O)[O-])c(Br)c1. The molecule has 0 aliphatic heterocycles. The summed E-state index contributed by atoms with van der Waals surface area (Å²) in [6.45, 7) is 0. The standard InChI is InChI=1S/C9H9BrN2O3S/c1-16-5-9(13)11-6-2-3-8(12(14)15)7(10)4-6/h2-4H,5H2,1H3,(H,11,13). The Morgan fingerprint density at radius 2 is 2.31 bits per heavy atom. The molecule has 0 saturated heterocycles. The van der Waals surface area contributed by atoms with E-state index < -0.39 is 4.92 Å². The Morgan fingerprint density at radius 3 is 2.81 bits per heavy atom. The molecule has 0 saturated carbocycles. The number of hydrogen-bond acceptors (Lipinski definition) is 4. The van der Waals surface area contributed by atoms with E-state index in [4.69, 9.17) is 0 Å². The minimum Gasteiger partial charge on any atom is -0.325 e. The first kappa shape index (κ1) is 13.0. The summed E-state index contributed by atoms with van der Waals surface area (Å²) in [5, 5.41) is 13.2. The van der Waals surface area contributed by atoms with Crippen LogP contribution in [0.5, 0.6) is 0 Å². The Kier molecular flexibility index (Phi) is 4.75. The molecule has 1 amide bonds. The molecule has 1 N–H and O–H groups in total. The predicted octanol–water partition coefficient (Wildman–Crippen LogP) is 2.66. The van der Waals surface area contributed by atoms with E-state index in [1.54, 1.807) is 0 Å². The van der Waals surface area contributed by atoms with Gasteiger partial charge in [0.1, 0.15) is 0 Å². The average molecular weight is 305 g/mol. The molecular formula is C9H9BrN2O3S. The number of rotatable bonds is 4. The van der Waals surface area contributed by atoms with Gasteiger partial charge < -0.3 is 5.32 Å². The van der Waals surface area contributed by atoms with Crippen molar-refractivity contribution in [1.29, 1.82) is 0 Å². The Morgan fingerprint density at radius 1 is 1.62 bits per heavy atom. The molecule has 86 valence electrons. The first-order chi connectivity index (χ1) is 7.54. The van der Waals surface area contributed by atoms with E-state index in [1.165, 1.54) is 30.0 Å². The summed E-state index contributed by atoms with van der Waals surface area (Å²) in [5.41, 5.74) is 0.513. The lowest BCUT2D eigenvalue weighted by atomic mass is 10.3. The zero-order valence-electron chi connectivity index (χ0n) is 8.40. The van der Waals surface area contributed by atoms with Gasteiger partial charge in [0, 0.05) is 11.8 Å². The summed E-state index contributed by atoms with van der Waals surface area (Å²) in [6.07, 6.45) is 1.82.